The van der Waals surface area contributed by atoms with Gasteiger partial charge in [-0.25, -0.2) is 0 Å². The molecular formula is C15H22N2O. The molecule has 0 fully saturated rings. The van der Waals surface area contributed by atoms with Crippen LogP contribution in [0.3, 0.4) is 0 Å². The van der Waals surface area contributed by atoms with E-state index in [0.717, 1.165) is 24.1 Å². The first-order valence-electron chi connectivity index (χ1n) is 6.28. The van der Waals surface area contributed by atoms with E-state index >= 15 is 0 Å². The van der Waals surface area contributed by atoms with Crippen molar-refractivity contribution in [3.8, 4) is 0 Å². The molecule has 0 spiro atoms. The highest BCUT2D eigenvalue weighted by Crippen LogP contribution is 2.18. The molecule has 0 aliphatic heterocycles. The van der Waals surface area contributed by atoms with Crippen molar-refractivity contribution in [2.24, 2.45) is 0 Å². The lowest BCUT2D eigenvalue weighted by Gasteiger charge is -2.17. The molecule has 1 aromatic carbocycles. The number of rotatable bonds is 6. The number of nitrogens with one attached hydrogen (secondary N) is 2. The van der Waals surface area contributed by atoms with Crippen molar-refractivity contribution in [2.45, 2.75) is 32.7 Å². The average Bonchev–Trinajstić information content (AvgIpc) is 2.37. The Morgan fingerprint density at radius 3 is 2.78 bits per heavy atom. The molecule has 18 heavy (non-hydrogen) atoms. The molecule has 98 valence electrons. The molecule has 1 atom stereocenters. The van der Waals surface area contributed by atoms with E-state index in [1.165, 1.54) is 0 Å². The second-order valence-electron chi connectivity index (χ2n) is 4.52. The molecule has 1 amide bonds. The zero-order chi connectivity index (χ0) is 13.5. The highest BCUT2D eigenvalue weighted by atomic mass is 16.1. The lowest BCUT2D eigenvalue weighted by atomic mass is 10.1. The monoisotopic (exact) mass is 246 g/mol. The minimum atomic E-state index is -0.0515. The normalized spacial score (nSPS) is 11.7. The molecule has 1 aromatic rings. The summed E-state index contributed by atoms with van der Waals surface area (Å²) < 4.78 is 0. The van der Waals surface area contributed by atoms with Gasteiger partial charge in [-0.15, -0.1) is 6.58 Å². The van der Waals surface area contributed by atoms with E-state index in [9.17, 15) is 4.79 Å². The number of allylic oxidation sites excluding steroid dienone is 1. The fourth-order valence-corrected chi connectivity index (χ4v) is 1.82. The Kier molecular flexibility index (Phi) is 5.43. The zero-order valence-electron chi connectivity index (χ0n) is 11.4. The molecule has 0 radical (unpaired) electrons. The number of benzene rings is 1. The molecular weight excluding hydrogens is 224 g/mol. The first-order valence-corrected chi connectivity index (χ1v) is 6.28. The second-order valence-corrected chi connectivity index (χ2v) is 4.52. The Morgan fingerprint density at radius 2 is 2.22 bits per heavy atom. The van der Waals surface area contributed by atoms with Gasteiger partial charge in [0, 0.05) is 24.3 Å². The Hall–Kier alpha value is -1.77. The fourth-order valence-electron chi connectivity index (χ4n) is 1.82. The molecule has 3 nitrogen and oxygen atoms in total. The predicted octanol–water partition coefficient (Wildman–Crippen LogP) is 3.12. The maximum absolute atomic E-state index is 11.5. The maximum Gasteiger partial charge on any atom is 0.251 e. The number of carbonyl (C=O) groups is 1. The Morgan fingerprint density at radius 1 is 1.50 bits per heavy atom. The van der Waals surface area contributed by atoms with Crippen LogP contribution in [-0.4, -0.2) is 19.0 Å². The van der Waals surface area contributed by atoms with Crippen molar-refractivity contribution in [1.82, 2.24) is 5.32 Å². The van der Waals surface area contributed by atoms with Crippen LogP contribution in [0.4, 0.5) is 5.69 Å². The summed E-state index contributed by atoms with van der Waals surface area (Å²) in [4.78, 5) is 11.5. The van der Waals surface area contributed by atoms with Crippen LogP contribution in [0.1, 0.15) is 35.7 Å². The van der Waals surface area contributed by atoms with Crippen LogP contribution >= 0.6 is 0 Å². The highest BCUT2D eigenvalue weighted by molar-refractivity contribution is 5.94. The summed E-state index contributed by atoms with van der Waals surface area (Å²) in [5, 5.41) is 6.08. The predicted molar refractivity (Wildman–Crippen MR) is 77.1 cm³/mol. The van der Waals surface area contributed by atoms with Crippen LogP contribution in [0.5, 0.6) is 0 Å². The molecule has 1 unspecified atom stereocenters. The van der Waals surface area contributed by atoms with Gasteiger partial charge in [-0.3, -0.25) is 4.79 Å². The fraction of sp³-hybridized carbons (Fsp3) is 0.400. The lowest BCUT2D eigenvalue weighted by Crippen LogP contribution is -2.19. The Bertz CT molecular complexity index is 427. The van der Waals surface area contributed by atoms with Gasteiger partial charge in [0.15, 0.2) is 0 Å². The average molecular weight is 246 g/mol. The second kappa shape index (κ2) is 6.84. The van der Waals surface area contributed by atoms with E-state index in [1.54, 1.807) is 7.05 Å². The van der Waals surface area contributed by atoms with Crippen molar-refractivity contribution in [1.29, 1.82) is 0 Å². The molecule has 2 N–H and O–H groups in total. The molecule has 0 aliphatic carbocycles. The quantitative estimate of drug-likeness (QED) is 0.757. The third-order valence-electron chi connectivity index (χ3n) is 2.92. The number of anilines is 1. The number of amides is 1. The largest absolute Gasteiger partial charge is 0.382 e. The first kappa shape index (κ1) is 14.3. The summed E-state index contributed by atoms with van der Waals surface area (Å²) in [6, 6.07) is 6.10. The van der Waals surface area contributed by atoms with Crippen molar-refractivity contribution in [3.63, 3.8) is 0 Å². The van der Waals surface area contributed by atoms with Crippen LogP contribution in [0.15, 0.2) is 30.9 Å². The molecule has 0 saturated heterocycles. The third kappa shape index (κ3) is 3.91. The van der Waals surface area contributed by atoms with Crippen molar-refractivity contribution in [2.75, 3.05) is 12.4 Å². The van der Waals surface area contributed by atoms with E-state index in [4.69, 9.17) is 0 Å². The van der Waals surface area contributed by atoms with Crippen LogP contribution in [0.2, 0.25) is 0 Å². The summed E-state index contributed by atoms with van der Waals surface area (Å²) in [7, 11) is 1.64. The molecule has 0 saturated carbocycles. The van der Waals surface area contributed by atoms with E-state index in [0.29, 0.717) is 11.6 Å². The number of hydrogen-bond donors (Lipinski definition) is 2. The van der Waals surface area contributed by atoms with Gasteiger partial charge in [0.05, 0.1) is 0 Å². The maximum atomic E-state index is 11.5. The summed E-state index contributed by atoms with van der Waals surface area (Å²) in [5.74, 6) is -0.0515. The summed E-state index contributed by atoms with van der Waals surface area (Å²) in [6.07, 6.45) is 3.99. The van der Waals surface area contributed by atoms with Gasteiger partial charge < -0.3 is 10.6 Å². The van der Waals surface area contributed by atoms with E-state index in [1.807, 2.05) is 31.2 Å². The van der Waals surface area contributed by atoms with Crippen LogP contribution < -0.4 is 10.6 Å². The minimum Gasteiger partial charge on any atom is -0.382 e. The van der Waals surface area contributed by atoms with Gasteiger partial charge >= 0.3 is 0 Å². The summed E-state index contributed by atoms with van der Waals surface area (Å²) in [6.45, 7) is 7.88. The highest BCUT2D eigenvalue weighted by Gasteiger charge is 2.07. The molecule has 0 aromatic heterocycles. The van der Waals surface area contributed by atoms with Gasteiger partial charge in [-0.1, -0.05) is 6.08 Å². The smallest absolute Gasteiger partial charge is 0.251 e. The molecule has 0 bridgehead atoms. The standard InChI is InChI=1S/C15H22N2O/c1-5-6-7-12(3)17-14-9-8-13(10-11(14)2)15(18)16-4/h5,8-10,12,17H,1,6-7H2,2-4H3,(H,16,18). The minimum absolute atomic E-state index is 0.0515. The molecule has 0 heterocycles. The van der Waals surface area contributed by atoms with Crippen molar-refractivity contribution < 1.29 is 4.79 Å². The van der Waals surface area contributed by atoms with Crippen LogP contribution in [0, 0.1) is 6.92 Å². The first-order chi connectivity index (χ1) is 8.58. The molecule has 3 heteroatoms. The summed E-state index contributed by atoms with van der Waals surface area (Å²) in [5.41, 5.74) is 2.86. The van der Waals surface area contributed by atoms with Gasteiger partial charge in [0.2, 0.25) is 0 Å². The van der Waals surface area contributed by atoms with Crippen molar-refractivity contribution in [3.05, 3.63) is 42.0 Å². The lowest BCUT2D eigenvalue weighted by molar-refractivity contribution is 0.0963. The van der Waals surface area contributed by atoms with E-state index in [2.05, 4.69) is 24.1 Å². The summed E-state index contributed by atoms with van der Waals surface area (Å²) >= 11 is 0. The number of hydrogen-bond acceptors (Lipinski definition) is 2. The van der Waals surface area contributed by atoms with Crippen LogP contribution in [-0.2, 0) is 0 Å². The molecule has 0 aliphatic rings. The van der Waals surface area contributed by atoms with E-state index < -0.39 is 0 Å². The van der Waals surface area contributed by atoms with Gasteiger partial charge in [-0.2, -0.15) is 0 Å². The van der Waals surface area contributed by atoms with Crippen LogP contribution in [0.25, 0.3) is 0 Å². The van der Waals surface area contributed by atoms with Gasteiger partial charge in [-0.05, 0) is 50.5 Å². The van der Waals surface area contributed by atoms with Gasteiger partial charge in [0.1, 0.15) is 0 Å². The Balaban J connectivity index is 2.73. The van der Waals surface area contributed by atoms with Crippen molar-refractivity contribution >= 4 is 11.6 Å². The number of carbonyl (C=O) groups excluding carboxylic acids is 1. The molecule has 1 rings (SSSR count). The van der Waals surface area contributed by atoms with E-state index in [-0.39, 0.29) is 5.91 Å². The third-order valence-corrected chi connectivity index (χ3v) is 2.92. The van der Waals surface area contributed by atoms with Gasteiger partial charge in [0.25, 0.3) is 5.91 Å². The topological polar surface area (TPSA) is 41.1 Å². The number of aryl methyl sites for hydroxylation is 1. The SMILES string of the molecule is C=CCCC(C)Nc1ccc(C(=O)NC)cc1C. The zero-order valence-corrected chi connectivity index (χ0v) is 11.4. The Labute approximate surface area is 109 Å².